The SMILES string of the molecule is Clc1ccc2c(c1)C1(c3cc(Cl)ccc3-2)c2ccccc2C(C2=CCCCC2)(c2ccccc2)c2ccccc21. The summed E-state index contributed by atoms with van der Waals surface area (Å²) in [4.78, 5) is 0. The largest absolute Gasteiger partial charge is 0.0843 e. The monoisotopic (exact) mass is 554 g/mol. The van der Waals surface area contributed by atoms with Gasteiger partial charge in [-0.3, -0.25) is 0 Å². The maximum atomic E-state index is 6.79. The van der Waals surface area contributed by atoms with Gasteiger partial charge in [-0.05, 0) is 100 Å². The van der Waals surface area contributed by atoms with Crippen LogP contribution in [0.2, 0.25) is 10.0 Å². The lowest BCUT2D eigenvalue weighted by atomic mass is 9.50. The standard InChI is InChI=1S/C38H28Cl2/c39-27-19-21-29-30-22-20-28(40)24-36(30)38(35(29)23-27)33-17-9-7-15-31(33)37(25-11-3-1-4-12-25,26-13-5-2-6-14-26)32-16-8-10-18-34(32)38/h1,3-4,7-13,15-24H,2,5-6,14H2. The highest BCUT2D eigenvalue weighted by Crippen LogP contribution is 2.65. The van der Waals surface area contributed by atoms with E-state index in [1.807, 2.05) is 12.1 Å². The highest BCUT2D eigenvalue weighted by molar-refractivity contribution is 6.31. The zero-order valence-corrected chi connectivity index (χ0v) is 23.6. The minimum atomic E-state index is -0.527. The number of rotatable bonds is 2. The zero-order chi connectivity index (χ0) is 26.9. The zero-order valence-electron chi connectivity index (χ0n) is 22.1. The van der Waals surface area contributed by atoms with Crippen LogP contribution in [-0.4, -0.2) is 0 Å². The molecule has 1 spiro atoms. The predicted molar refractivity (Wildman–Crippen MR) is 167 cm³/mol. The Balaban J connectivity index is 1.60. The topological polar surface area (TPSA) is 0 Å². The fourth-order valence-electron chi connectivity index (χ4n) is 8.12. The predicted octanol–water partition coefficient (Wildman–Crippen LogP) is 10.5. The normalized spacial score (nSPS) is 17.4. The van der Waals surface area contributed by atoms with Crippen molar-refractivity contribution >= 4 is 23.2 Å². The summed E-state index contributed by atoms with van der Waals surface area (Å²) in [6.07, 6.45) is 7.21. The second-order valence-corrected chi connectivity index (χ2v) is 12.2. The summed E-state index contributed by atoms with van der Waals surface area (Å²) in [7, 11) is 0. The van der Waals surface area contributed by atoms with Gasteiger partial charge in [0.15, 0.2) is 0 Å². The molecule has 3 aliphatic rings. The summed E-state index contributed by atoms with van der Waals surface area (Å²) in [5.41, 5.74) is 12.2. The summed E-state index contributed by atoms with van der Waals surface area (Å²) in [6.45, 7) is 0. The molecular weight excluding hydrogens is 527 g/mol. The van der Waals surface area contributed by atoms with Gasteiger partial charge in [0, 0.05) is 10.0 Å². The highest BCUT2D eigenvalue weighted by Gasteiger charge is 2.57. The van der Waals surface area contributed by atoms with Crippen molar-refractivity contribution in [3.63, 3.8) is 0 Å². The van der Waals surface area contributed by atoms with Gasteiger partial charge in [0.1, 0.15) is 0 Å². The minimum Gasteiger partial charge on any atom is -0.0843 e. The molecule has 0 radical (unpaired) electrons. The van der Waals surface area contributed by atoms with Gasteiger partial charge >= 0.3 is 0 Å². The number of hydrogen-bond acceptors (Lipinski definition) is 0. The quantitative estimate of drug-likeness (QED) is 0.187. The molecule has 0 N–H and O–H groups in total. The van der Waals surface area contributed by atoms with Gasteiger partial charge < -0.3 is 0 Å². The van der Waals surface area contributed by atoms with Crippen molar-refractivity contribution in [3.8, 4) is 11.1 Å². The molecule has 5 aromatic carbocycles. The van der Waals surface area contributed by atoms with Crippen LogP contribution < -0.4 is 0 Å². The van der Waals surface area contributed by atoms with Crippen LogP contribution in [0.4, 0.5) is 0 Å². The molecule has 0 bridgehead atoms. The third-order valence-corrected chi connectivity index (χ3v) is 9.98. The van der Waals surface area contributed by atoms with Crippen LogP contribution >= 0.6 is 23.2 Å². The van der Waals surface area contributed by atoms with Crippen molar-refractivity contribution in [1.82, 2.24) is 0 Å². The number of hydrogen-bond donors (Lipinski definition) is 0. The van der Waals surface area contributed by atoms with E-state index in [2.05, 4.69) is 109 Å². The molecule has 0 atom stereocenters. The molecule has 5 aromatic rings. The van der Waals surface area contributed by atoms with Crippen molar-refractivity contribution in [1.29, 1.82) is 0 Å². The van der Waals surface area contributed by atoms with Crippen molar-refractivity contribution in [2.45, 2.75) is 36.5 Å². The number of fused-ring (bicyclic) bond motifs is 9. The molecule has 0 amide bonds. The first kappa shape index (κ1) is 24.2. The van der Waals surface area contributed by atoms with E-state index in [0.717, 1.165) is 22.9 Å². The van der Waals surface area contributed by atoms with Crippen LogP contribution in [0.15, 0.2) is 127 Å². The molecule has 40 heavy (non-hydrogen) atoms. The van der Waals surface area contributed by atoms with Gasteiger partial charge in [-0.1, -0.05) is 126 Å². The second-order valence-electron chi connectivity index (χ2n) is 11.3. The maximum Gasteiger partial charge on any atom is 0.0721 e. The number of halogens is 2. The molecule has 0 saturated carbocycles. The van der Waals surface area contributed by atoms with E-state index < -0.39 is 5.41 Å². The summed E-state index contributed by atoms with van der Waals surface area (Å²) in [6, 6.07) is 42.2. The molecule has 0 aliphatic heterocycles. The molecule has 194 valence electrons. The van der Waals surface area contributed by atoms with E-state index in [9.17, 15) is 0 Å². The fraction of sp³-hybridized carbons (Fsp3) is 0.158. The van der Waals surface area contributed by atoms with E-state index in [-0.39, 0.29) is 5.41 Å². The van der Waals surface area contributed by atoms with Gasteiger partial charge in [0.25, 0.3) is 0 Å². The van der Waals surface area contributed by atoms with Crippen LogP contribution in [0.25, 0.3) is 11.1 Å². The molecule has 0 fully saturated rings. The highest BCUT2D eigenvalue weighted by atomic mass is 35.5. The van der Waals surface area contributed by atoms with E-state index in [1.54, 1.807) is 0 Å². The van der Waals surface area contributed by atoms with E-state index in [0.29, 0.717) is 0 Å². The molecule has 8 rings (SSSR count). The number of benzene rings is 5. The third-order valence-electron chi connectivity index (χ3n) is 9.51. The lowest BCUT2D eigenvalue weighted by molar-refractivity contribution is 0.563. The van der Waals surface area contributed by atoms with Crippen LogP contribution in [0, 0.1) is 0 Å². The van der Waals surface area contributed by atoms with Crippen LogP contribution in [0.5, 0.6) is 0 Å². The average molecular weight is 556 g/mol. The molecule has 0 unspecified atom stereocenters. The number of allylic oxidation sites excluding steroid dienone is 2. The molecule has 3 aliphatic carbocycles. The minimum absolute atomic E-state index is 0.375. The first-order valence-electron chi connectivity index (χ1n) is 14.2. The van der Waals surface area contributed by atoms with Gasteiger partial charge in [0.2, 0.25) is 0 Å². The molecule has 0 heterocycles. The summed E-state index contributed by atoms with van der Waals surface area (Å²) in [5.74, 6) is 0. The van der Waals surface area contributed by atoms with E-state index >= 15 is 0 Å². The summed E-state index contributed by atoms with van der Waals surface area (Å²) >= 11 is 13.6. The van der Waals surface area contributed by atoms with Crippen LogP contribution in [-0.2, 0) is 10.8 Å². The first-order chi connectivity index (χ1) is 19.7. The van der Waals surface area contributed by atoms with E-state index in [1.165, 1.54) is 68.5 Å². The van der Waals surface area contributed by atoms with Gasteiger partial charge in [-0.25, -0.2) is 0 Å². The molecular formula is C38H28Cl2. The van der Waals surface area contributed by atoms with Crippen molar-refractivity contribution in [3.05, 3.63) is 176 Å². The molecule has 0 aromatic heterocycles. The maximum absolute atomic E-state index is 6.79. The fourth-order valence-corrected chi connectivity index (χ4v) is 8.47. The Kier molecular flexibility index (Phi) is 5.43. The van der Waals surface area contributed by atoms with Gasteiger partial charge in [-0.15, -0.1) is 0 Å². The molecule has 2 heteroatoms. The van der Waals surface area contributed by atoms with Crippen molar-refractivity contribution in [2.75, 3.05) is 0 Å². The van der Waals surface area contributed by atoms with E-state index in [4.69, 9.17) is 23.2 Å². The Bertz CT molecular complexity index is 1730. The third kappa shape index (κ3) is 3.04. The van der Waals surface area contributed by atoms with Gasteiger partial charge in [0.05, 0.1) is 10.8 Å². The smallest absolute Gasteiger partial charge is 0.0721 e. The Morgan fingerprint density at radius 2 is 0.975 bits per heavy atom. The van der Waals surface area contributed by atoms with Crippen LogP contribution in [0.3, 0.4) is 0 Å². The summed E-state index contributed by atoms with van der Waals surface area (Å²) in [5, 5.41) is 1.50. The lowest BCUT2D eigenvalue weighted by Crippen LogP contribution is -2.45. The van der Waals surface area contributed by atoms with Crippen molar-refractivity contribution in [2.24, 2.45) is 0 Å². The van der Waals surface area contributed by atoms with Crippen molar-refractivity contribution < 1.29 is 0 Å². The second kappa shape index (κ2) is 8.96. The molecule has 0 saturated heterocycles. The Hall–Kier alpha value is -3.58. The summed E-state index contributed by atoms with van der Waals surface area (Å²) < 4.78 is 0. The Labute approximate surface area is 245 Å². The van der Waals surface area contributed by atoms with Crippen LogP contribution in [0.1, 0.15) is 64.6 Å². The first-order valence-corrected chi connectivity index (χ1v) is 15.0. The lowest BCUT2D eigenvalue weighted by Gasteiger charge is -2.51. The molecule has 0 nitrogen and oxygen atoms in total. The Morgan fingerprint density at radius 3 is 1.48 bits per heavy atom. The Morgan fingerprint density at radius 1 is 0.475 bits per heavy atom. The average Bonchev–Trinajstić information content (AvgIpc) is 3.28. The van der Waals surface area contributed by atoms with Gasteiger partial charge in [-0.2, -0.15) is 0 Å².